The summed E-state index contributed by atoms with van der Waals surface area (Å²) in [6.07, 6.45) is 6.73. The Kier molecular flexibility index (Phi) is 3.90. The van der Waals surface area contributed by atoms with Crippen LogP contribution in [0.2, 0.25) is 0 Å². The van der Waals surface area contributed by atoms with Gasteiger partial charge in [0.15, 0.2) is 0 Å². The van der Waals surface area contributed by atoms with Crippen LogP contribution in [0.15, 0.2) is 24.3 Å². The lowest BCUT2D eigenvalue weighted by Gasteiger charge is -2.45. The van der Waals surface area contributed by atoms with Crippen LogP contribution in [0.1, 0.15) is 76.8 Å². The fourth-order valence-electron chi connectivity index (χ4n) is 4.63. The quantitative estimate of drug-likeness (QED) is 0.796. The number of benzene rings is 1. The molecule has 0 aliphatic heterocycles. The molecule has 0 unspecified atom stereocenters. The zero-order valence-electron chi connectivity index (χ0n) is 14.2. The van der Waals surface area contributed by atoms with Gasteiger partial charge in [0.1, 0.15) is 0 Å². The topological polar surface area (TPSA) is 12.0 Å². The molecule has 1 aromatic carbocycles. The fraction of sp³-hybridized carbons (Fsp3) is 0.700. The van der Waals surface area contributed by atoms with E-state index in [0.29, 0.717) is 16.9 Å². The third kappa shape index (κ3) is 4.10. The van der Waals surface area contributed by atoms with E-state index in [2.05, 4.69) is 57.3 Å². The Balaban J connectivity index is 1.60. The normalized spacial score (nSPS) is 25.0. The lowest BCUT2D eigenvalue weighted by molar-refractivity contribution is 0.0845. The highest BCUT2D eigenvalue weighted by atomic mass is 14.9. The molecule has 0 bridgehead atoms. The van der Waals surface area contributed by atoms with Crippen LogP contribution in [-0.4, -0.2) is 6.04 Å². The first-order chi connectivity index (χ1) is 9.83. The van der Waals surface area contributed by atoms with Gasteiger partial charge in [-0.2, -0.15) is 0 Å². The van der Waals surface area contributed by atoms with Crippen LogP contribution in [0.3, 0.4) is 0 Å². The summed E-state index contributed by atoms with van der Waals surface area (Å²) in [5.74, 6) is 0.859. The third-order valence-electron chi connectivity index (χ3n) is 5.15. The predicted molar refractivity (Wildman–Crippen MR) is 90.5 cm³/mol. The minimum absolute atomic E-state index is 0.468. The first-order valence-corrected chi connectivity index (χ1v) is 8.65. The maximum Gasteiger partial charge on any atom is 0.0208 e. The van der Waals surface area contributed by atoms with Crippen LogP contribution < -0.4 is 5.32 Å². The summed E-state index contributed by atoms with van der Waals surface area (Å²) >= 11 is 0. The van der Waals surface area contributed by atoms with Crippen molar-refractivity contribution >= 4 is 0 Å². The average molecular weight is 285 g/mol. The predicted octanol–water partition coefficient (Wildman–Crippen LogP) is 5.26. The molecule has 0 radical (unpaired) electrons. The first kappa shape index (κ1) is 15.1. The lowest BCUT2D eigenvalue weighted by Crippen LogP contribution is -2.43. The van der Waals surface area contributed by atoms with E-state index in [0.717, 1.165) is 12.5 Å². The molecule has 1 N–H and O–H groups in total. The summed E-state index contributed by atoms with van der Waals surface area (Å²) in [7, 11) is 0. The molecule has 0 saturated heterocycles. The molecule has 21 heavy (non-hydrogen) atoms. The van der Waals surface area contributed by atoms with Gasteiger partial charge >= 0.3 is 0 Å². The summed E-state index contributed by atoms with van der Waals surface area (Å²) in [4.78, 5) is 0. The highest BCUT2D eigenvalue weighted by Gasteiger charge is 2.38. The third-order valence-corrected chi connectivity index (χ3v) is 5.15. The van der Waals surface area contributed by atoms with Gasteiger partial charge in [0.2, 0.25) is 0 Å². The largest absolute Gasteiger partial charge is 0.310 e. The van der Waals surface area contributed by atoms with Crippen LogP contribution in [0.4, 0.5) is 0 Å². The number of rotatable bonds is 4. The minimum atomic E-state index is 0.468. The van der Waals surface area contributed by atoms with Crippen molar-refractivity contribution in [2.45, 2.75) is 78.3 Å². The van der Waals surface area contributed by atoms with Gasteiger partial charge in [-0.1, -0.05) is 52.0 Å². The zero-order valence-corrected chi connectivity index (χ0v) is 14.2. The van der Waals surface area contributed by atoms with Gasteiger partial charge in [0.05, 0.1) is 0 Å². The Morgan fingerprint density at radius 3 is 2.33 bits per heavy atom. The van der Waals surface area contributed by atoms with Crippen LogP contribution in [-0.2, 0) is 6.54 Å². The van der Waals surface area contributed by atoms with Gasteiger partial charge in [0, 0.05) is 12.6 Å². The van der Waals surface area contributed by atoms with Crippen molar-refractivity contribution in [1.82, 2.24) is 5.32 Å². The van der Waals surface area contributed by atoms with E-state index >= 15 is 0 Å². The molecule has 0 spiro atoms. The molecule has 1 heteroatoms. The van der Waals surface area contributed by atoms with Crippen molar-refractivity contribution in [3.63, 3.8) is 0 Å². The van der Waals surface area contributed by atoms with E-state index in [-0.39, 0.29) is 0 Å². The number of hydrogen-bond acceptors (Lipinski definition) is 1. The summed E-state index contributed by atoms with van der Waals surface area (Å²) in [5, 5.41) is 3.84. The zero-order chi connectivity index (χ0) is 15.1. The summed E-state index contributed by atoms with van der Waals surface area (Å²) in [6, 6.07) is 9.89. The molecule has 2 saturated carbocycles. The van der Waals surface area contributed by atoms with Gasteiger partial charge in [-0.15, -0.1) is 0 Å². The minimum Gasteiger partial charge on any atom is -0.310 e. The average Bonchev–Trinajstić information content (AvgIpc) is 3.17. The van der Waals surface area contributed by atoms with Gasteiger partial charge in [-0.25, -0.2) is 0 Å². The van der Waals surface area contributed by atoms with E-state index in [9.17, 15) is 0 Å². The molecule has 3 rings (SSSR count). The van der Waals surface area contributed by atoms with Gasteiger partial charge in [-0.3, -0.25) is 0 Å². The summed E-state index contributed by atoms with van der Waals surface area (Å²) < 4.78 is 0. The van der Waals surface area contributed by atoms with Crippen molar-refractivity contribution in [3.05, 3.63) is 35.4 Å². The molecule has 0 heterocycles. The summed E-state index contributed by atoms with van der Waals surface area (Å²) in [6.45, 7) is 10.7. The van der Waals surface area contributed by atoms with Crippen LogP contribution >= 0.6 is 0 Å². The second-order valence-electron chi connectivity index (χ2n) is 9.01. The molecule has 2 aliphatic rings. The lowest BCUT2D eigenvalue weighted by atomic mass is 9.63. The molecule has 2 fully saturated rings. The summed E-state index contributed by atoms with van der Waals surface area (Å²) in [5.41, 5.74) is 3.95. The molecule has 116 valence electrons. The molecule has 0 atom stereocenters. The second kappa shape index (κ2) is 5.43. The molecule has 0 amide bonds. The van der Waals surface area contributed by atoms with Crippen molar-refractivity contribution in [2.24, 2.45) is 10.8 Å². The highest BCUT2D eigenvalue weighted by molar-refractivity contribution is 5.29. The number of nitrogens with one attached hydrogen (secondary N) is 1. The maximum atomic E-state index is 3.84. The van der Waals surface area contributed by atoms with Gasteiger partial charge in [-0.05, 0) is 60.0 Å². The van der Waals surface area contributed by atoms with Crippen molar-refractivity contribution in [3.8, 4) is 0 Å². The Morgan fingerprint density at radius 2 is 1.71 bits per heavy atom. The Hall–Kier alpha value is -0.820. The Bertz CT molecular complexity index is 480. The Morgan fingerprint density at radius 1 is 1.05 bits per heavy atom. The maximum absolute atomic E-state index is 3.84. The first-order valence-electron chi connectivity index (χ1n) is 8.65. The van der Waals surface area contributed by atoms with Crippen molar-refractivity contribution in [2.75, 3.05) is 0 Å². The van der Waals surface area contributed by atoms with Gasteiger partial charge in [0.25, 0.3) is 0 Å². The van der Waals surface area contributed by atoms with Crippen LogP contribution in [0.5, 0.6) is 0 Å². The van der Waals surface area contributed by atoms with Crippen molar-refractivity contribution in [1.29, 1.82) is 0 Å². The molecular weight excluding hydrogens is 254 g/mol. The van der Waals surface area contributed by atoms with Gasteiger partial charge < -0.3 is 5.32 Å². The van der Waals surface area contributed by atoms with Crippen LogP contribution in [0, 0.1) is 10.8 Å². The van der Waals surface area contributed by atoms with Crippen molar-refractivity contribution < 1.29 is 0 Å². The van der Waals surface area contributed by atoms with E-state index in [1.807, 2.05) is 0 Å². The smallest absolute Gasteiger partial charge is 0.0208 e. The SMILES string of the molecule is CC1(C)CC(NCc2cccc(C3CC3)c2)CC(C)(C)C1. The number of hydrogen-bond donors (Lipinski definition) is 1. The molecular formula is C20H31N. The molecule has 0 aromatic heterocycles. The van der Waals surface area contributed by atoms with E-state index in [4.69, 9.17) is 0 Å². The molecule has 1 aromatic rings. The van der Waals surface area contributed by atoms with E-state index < -0.39 is 0 Å². The van der Waals surface area contributed by atoms with E-state index in [1.54, 1.807) is 5.56 Å². The molecule has 2 aliphatic carbocycles. The second-order valence-corrected chi connectivity index (χ2v) is 9.01. The fourth-order valence-corrected chi connectivity index (χ4v) is 4.63. The standard InChI is InChI=1S/C20H31N/c1-19(2)11-18(12-20(3,4)14-19)21-13-15-6-5-7-17(10-15)16-8-9-16/h5-7,10,16,18,21H,8-9,11-14H2,1-4H3. The van der Waals surface area contributed by atoms with Crippen LogP contribution in [0.25, 0.3) is 0 Å². The Labute approximate surface area is 130 Å². The highest BCUT2D eigenvalue weighted by Crippen LogP contribution is 2.45. The molecule has 1 nitrogen and oxygen atoms in total. The van der Waals surface area contributed by atoms with E-state index in [1.165, 1.54) is 37.7 Å². The monoisotopic (exact) mass is 285 g/mol.